The van der Waals surface area contributed by atoms with Crippen LogP contribution in [0.3, 0.4) is 0 Å². The highest BCUT2D eigenvalue weighted by atomic mass is 15.2. The quantitative estimate of drug-likeness (QED) is 0.746. The first-order valence-corrected chi connectivity index (χ1v) is 5.88. The van der Waals surface area contributed by atoms with Gasteiger partial charge in [-0.25, -0.2) is 0 Å². The largest absolute Gasteiger partial charge is 0.399 e. The number of likely N-dealkylation sites (N-methyl/N-ethyl adjacent to an activating group) is 1. The molecule has 2 nitrogen and oxygen atoms in total. The number of nitrogens with zero attached hydrogens (tertiary/aromatic N) is 1. The average Bonchev–Trinajstić information content (AvgIpc) is 3.03. The van der Waals surface area contributed by atoms with Gasteiger partial charge in [0, 0.05) is 18.3 Å². The monoisotopic (exact) mass is 204 g/mol. The Morgan fingerprint density at radius 1 is 1.40 bits per heavy atom. The fourth-order valence-electron chi connectivity index (χ4n) is 2.06. The Bertz CT molecular complexity index is 318. The summed E-state index contributed by atoms with van der Waals surface area (Å²) in [6.45, 7) is 4.59. The summed E-state index contributed by atoms with van der Waals surface area (Å²) < 4.78 is 0. The lowest BCUT2D eigenvalue weighted by atomic mass is 10.1. The van der Waals surface area contributed by atoms with Crippen molar-refractivity contribution in [2.75, 3.05) is 18.8 Å². The van der Waals surface area contributed by atoms with Crippen molar-refractivity contribution < 1.29 is 0 Å². The molecule has 0 unspecified atom stereocenters. The van der Waals surface area contributed by atoms with E-state index in [9.17, 15) is 0 Å². The van der Waals surface area contributed by atoms with Gasteiger partial charge in [0.15, 0.2) is 0 Å². The second kappa shape index (κ2) is 4.67. The van der Waals surface area contributed by atoms with Crippen LogP contribution < -0.4 is 5.73 Å². The molecule has 0 aromatic heterocycles. The molecule has 0 spiro atoms. The zero-order valence-electron chi connectivity index (χ0n) is 9.45. The van der Waals surface area contributed by atoms with E-state index in [2.05, 4.69) is 24.0 Å². The standard InChI is InChI=1S/C13H20N2/c1-2-15(13-6-7-13)9-8-11-4-3-5-12(14)10-11/h3-5,10,13H,2,6-9,14H2,1H3. The maximum absolute atomic E-state index is 5.76. The lowest BCUT2D eigenvalue weighted by molar-refractivity contribution is 0.281. The Hall–Kier alpha value is -1.02. The SMILES string of the molecule is CCN(CCc1cccc(N)c1)C1CC1. The fourth-order valence-corrected chi connectivity index (χ4v) is 2.06. The number of anilines is 1. The van der Waals surface area contributed by atoms with Gasteiger partial charge in [-0.15, -0.1) is 0 Å². The predicted molar refractivity (Wildman–Crippen MR) is 64.8 cm³/mol. The van der Waals surface area contributed by atoms with Crippen LogP contribution in [-0.4, -0.2) is 24.0 Å². The summed E-state index contributed by atoms with van der Waals surface area (Å²) in [6, 6.07) is 9.11. The number of nitrogens with two attached hydrogens (primary N) is 1. The second-order valence-electron chi connectivity index (χ2n) is 4.35. The summed E-state index contributed by atoms with van der Waals surface area (Å²) in [7, 11) is 0. The second-order valence-corrected chi connectivity index (χ2v) is 4.35. The lowest BCUT2D eigenvalue weighted by Gasteiger charge is -2.19. The molecule has 1 aromatic rings. The smallest absolute Gasteiger partial charge is 0.0316 e. The predicted octanol–water partition coefficient (Wildman–Crippen LogP) is 2.30. The van der Waals surface area contributed by atoms with Crippen LogP contribution in [0.25, 0.3) is 0 Å². The van der Waals surface area contributed by atoms with Crippen LogP contribution >= 0.6 is 0 Å². The molecule has 2 heteroatoms. The van der Waals surface area contributed by atoms with Gasteiger partial charge in [0.25, 0.3) is 0 Å². The molecule has 15 heavy (non-hydrogen) atoms. The van der Waals surface area contributed by atoms with E-state index < -0.39 is 0 Å². The molecular weight excluding hydrogens is 184 g/mol. The molecule has 2 rings (SSSR count). The Kier molecular flexibility index (Phi) is 3.27. The summed E-state index contributed by atoms with van der Waals surface area (Å²) in [4.78, 5) is 2.57. The van der Waals surface area contributed by atoms with Gasteiger partial charge < -0.3 is 10.6 Å². The first-order valence-electron chi connectivity index (χ1n) is 5.88. The van der Waals surface area contributed by atoms with Crippen molar-refractivity contribution in [1.82, 2.24) is 4.90 Å². The Morgan fingerprint density at radius 3 is 2.80 bits per heavy atom. The van der Waals surface area contributed by atoms with E-state index in [-0.39, 0.29) is 0 Å². The Labute approximate surface area is 92.1 Å². The molecule has 0 heterocycles. The van der Waals surface area contributed by atoms with Gasteiger partial charge in [-0.3, -0.25) is 0 Å². The van der Waals surface area contributed by atoms with Crippen molar-refractivity contribution in [3.63, 3.8) is 0 Å². The van der Waals surface area contributed by atoms with Crippen molar-refractivity contribution in [2.45, 2.75) is 32.2 Å². The number of nitrogen functional groups attached to an aromatic ring is 1. The number of hydrogen-bond donors (Lipinski definition) is 1. The average molecular weight is 204 g/mol. The van der Waals surface area contributed by atoms with Gasteiger partial charge in [-0.1, -0.05) is 19.1 Å². The summed E-state index contributed by atoms with van der Waals surface area (Å²) >= 11 is 0. The third-order valence-corrected chi connectivity index (χ3v) is 3.11. The van der Waals surface area contributed by atoms with Crippen LogP contribution in [0, 0.1) is 0 Å². The highest BCUT2D eigenvalue weighted by Crippen LogP contribution is 2.26. The fraction of sp³-hybridized carbons (Fsp3) is 0.538. The van der Waals surface area contributed by atoms with Crippen LogP contribution in [-0.2, 0) is 6.42 Å². The molecule has 1 aliphatic rings. The van der Waals surface area contributed by atoms with Crippen molar-refractivity contribution in [1.29, 1.82) is 0 Å². The van der Waals surface area contributed by atoms with E-state index >= 15 is 0 Å². The van der Waals surface area contributed by atoms with Crippen molar-refractivity contribution >= 4 is 5.69 Å². The molecule has 0 saturated heterocycles. The molecule has 2 N–H and O–H groups in total. The highest BCUT2D eigenvalue weighted by molar-refractivity contribution is 5.40. The van der Waals surface area contributed by atoms with Crippen LogP contribution in [0.4, 0.5) is 5.69 Å². The van der Waals surface area contributed by atoms with Gasteiger partial charge in [-0.2, -0.15) is 0 Å². The summed E-state index contributed by atoms with van der Waals surface area (Å²) in [5, 5.41) is 0. The van der Waals surface area contributed by atoms with E-state index in [0.717, 1.165) is 18.2 Å². The third-order valence-electron chi connectivity index (χ3n) is 3.11. The van der Waals surface area contributed by atoms with Gasteiger partial charge in [0.2, 0.25) is 0 Å². The zero-order chi connectivity index (χ0) is 10.7. The minimum Gasteiger partial charge on any atom is -0.399 e. The highest BCUT2D eigenvalue weighted by Gasteiger charge is 2.27. The number of rotatable bonds is 5. The Balaban J connectivity index is 1.86. The normalized spacial score (nSPS) is 15.9. The van der Waals surface area contributed by atoms with Crippen LogP contribution in [0.1, 0.15) is 25.3 Å². The molecule has 1 aromatic carbocycles. The molecule has 0 radical (unpaired) electrons. The van der Waals surface area contributed by atoms with Crippen molar-refractivity contribution in [3.8, 4) is 0 Å². The third kappa shape index (κ3) is 2.96. The van der Waals surface area contributed by atoms with E-state index in [0.29, 0.717) is 0 Å². The van der Waals surface area contributed by atoms with Gasteiger partial charge >= 0.3 is 0 Å². The molecule has 1 aliphatic carbocycles. The minimum atomic E-state index is 0.871. The van der Waals surface area contributed by atoms with Gasteiger partial charge in [0.1, 0.15) is 0 Å². The first-order chi connectivity index (χ1) is 7.29. The van der Waals surface area contributed by atoms with Gasteiger partial charge in [-0.05, 0) is 43.5 Å². The van der Waals surface area contributed by atoms with Crippen LogP contribution in [0.5, 0.6) is 0 Å². The van der Waals surface area contributed by atoms with E-state index in [1.807, 2.05) is 12.1 Å². The topological polar surface area (TPSA) is 29.3 Å². The molecule has 0 amide bonds. The molecule has 0 atom stereocenters. The van der Waals surface area contributed by atoms with E-state index in [4.69, 9.17) is 5.73 Å². The maximum atomic E-state index is 5.76. The molecule has 0 aliphatic heterocycles. The van der Waals surface area contributed by atoms with E-state index in [1.165, 1.54) is 31.5 Å². The van der Waals surface area contributed by atoms with E-state index in [1.54, 1.807) is 0 Å². The van der Waals surface area contributed by atoms with Crippen LogP contribution in [0.15, 0.2) is 24.3 Å². The molecular formula is C13H20N2. The molecule has 0 bridgehead atoms. The summed E-state index contributed by atoms with van der Waals surface area (Å²) in [5.74, 6) is 0. The minimum absolute atomic E-state index is 0.871. The molecule has 1 fully saturated rings. The maximum Gasteiger partial charge on any atom is 0.0316 e. The molecule has 82 valence electrons. The van der Waals surface area contributed by atoms with Gasteiger partial charge in [0.05, 0.1) is 0 Å². The Morgan fingerprint density at radius 2 is 2.20 bits per heavy atom. The van der Waals surface area contributed by atoms with Crippen molar-refractivity contribution in [3.05, 3.63) is 29.8 Å². The number of hydrogen-bond acceptors (Lipinski definition) is 2. The van der Waals surface area contributed by atoms with Crippen molar-refractivity contribution in [2.24, 2.45) is 0 Å². The van der Waals surface area contributed by atoms with Crippen LogP contribution in [0.2, 0.25) is 0 Å². The summed E-state index contributed by atoms with van der Waals surface area (Å²) in [6.07, 6.45) is 3.91. The molecule has 1 saturated carbocycles. The zero-order valence-corrected chi connectivity index (χ0v) is 9.45. The first kappa shape index (κ1) is 10.5. The lowest BCUT2D eigenvalue weighted by Crippen LogP contribution is -2.27. The number of benzene rings is 1. The summed E-state index contributed by atoms with van der Waals surface area (Å²) in [5.41, 5.74) is 7.99.